The van der Waals surface area contributed by atoms with Crippen LogP contribution in [-0.2, 0) is 9.59 Å². The SMILES string of the molecule is CC(=O)NC(=Cc1ccc(OC(C)C)cc1)C(=O)O. The highest BCUT2D eigenvalue weighted by molar-refractivity contribution is 5.96. The van der Waals surface area contributed by atoms with Crippen LogP contribution in [-0.4, -0.2) is 23.1 Å². The highest BCUT2D eigenvalue weighted by Gasteiger charge is 2.08. The first-order valence-corrected chi connectivity index (χ1v) is 5.88. The molecule has 1 amide bonds. The summed E-state index contributed by atoms with van der Waals surface area (Å²) in [5.41, 5.74) is 0.507. The Morgan fingerprint density at radius 1 is 1.26 bits per heavy atom. The van der Waals surface area contributed by atoms with E-state index in [9.17, 15) is 9.59 Å². The number of carbonyl (C=O) groups is 2. The van der Waals surface area contributed by atoms with Crippen LogP contribution >= 0.6 is 0 Å². The Bertz CT molecular complexity index is 489. The first-order valence-electron chi connectivity index (χ1n) is 5.88. The molecule has 0 saturated carbocycles. The van der Waals surface area contributed by atoms with Crippen LogP contribution in [0.3, 0.4) is 0 Å². The van der Waals surface area contributed by atoms with Crippen LogP contribution in [0.1, 0.15) is 26.3 Å². The molecule has 5 nitrogen and oxygen atoms in total. The molecule has 19 heavy (non-hydrogen) atoms. The van der Waals surface area contributed by atoms with Gasteiger partial charge in [-0.05, 0) is 37.6 Å². The Hall–Kier alpha value is -2.30. The van der Waals surface area contributed by atoms with E-state index in [1.807, 2.05) is 13.8 Å². The maximum absolute atomic E-state index is 10.9. The number of hydrogen-bond donors (Lipinski definition) is 2. The summed E-state index contributed by atoms with van der Waals surface area (Å²) >= 11 is 0. The van der Waals surface area contributed by atoms with E-state index in [1.165, 1.54) is 13.0 Å². The van der Waals surface area contributed by atoms with Crippen LogP contribution in [0.25, 0.3) is 6.08 Å². The summed E-state index contributed by atoms with van der Waals surface area (Å²) in [7, 11) is 0. The lowest BCUT2D eigenvalue weighted by Crippen LogP contribution is -2.24. The second-order valence-corrected chi connectivity index (χ2v) is 4.28. The standard InChI is InChI=1S/C14H17NO4/c1-9(2)19-12-6-4-11(5-7-12)8-13(14(17)18)15-10(3)16/h4-9H,1-3H3,(H,15,16)(H,17,18). The molecule has 0 spiro atoms. The lowest BCUT2D eigenvalue weighted by atomic mass is 10.2. The maximum Gasteiger partial charge on any atom is 0.352 e. The lowest BCUT2D eigenvalue weighted by molar-refractivity contribution is -0.134. The zero-order chi connectivity index (χ0) is 14.4. The van der Waals surface area contributed by atoms with Crippen LogP contribution < -0.4 is 10.1 Å². The third-order valence-electron chi connectivity index (χ3n) is 2.10. The number of rotatable bonds is 5. The molecule has 0 saturated heterocycles. The van der Waals surface area contributed by atoms with E-state index in [2.05, 4.69) is 5.32 Å². The molecule has 0 aliphatic carbocycles. The summed E-state index contributed by atoms with van der Waals surface area (Å²) in [6.07, 6.45) is 1.47. The smallest absolute Gasteiger partial charge is 0.352 e. The van der Waals surface area contributed by atoms with E-state index in [1.54, 1.807) is 24.3 Å². The summed E-state index contributed by atoms with van der Waals surface area (Å²) in [6.45, 7) is 5.11. The Kier molecular flexibility index (Phi) is 5.11. The number of nitrogens with one attached hydrogen (secondary N) is 1. The van der Waals surface area contributed by atoms with Gasteiger partial charge in [-0.15, -0.1) is 0 Å². The van der Waals surface area contributed by atoms with E-state index in [4.69, 9.17) is 9.84 Å². The minimum absolute atomic E-state index is 0.0790. The molecule has 1 rings (SSSR count). The molecule has 0 aliphatic rings. The van der Waals surface area contributed by atoms with Crippen molar-refractivity contribution in [3.8, 4) is 5.75 Å². The van der Waals surface area contributed by atoms with Crippen molar-refractivity contribution in [1.82, 2.24) is 5.32 Å². The second-order valence-electron chi connectivity index (χ2n) is 4.28. The molecule has 1 aromatic carbocycles. The van der Waals surface area contributed by atoms with Crippen molar-refractivity contribution in [1.29, 1.82) is 0 Å². The average molecular weight is 263 g/mol. The van der Waals surface area contributed by atoms with Crippen molar-refractivity contribution >= 4 is 18.0 Å². The van der Waals surface area contributed by atoms with Gasteiger partial charge in [-0.25, -0.2) is 4.79 Å². The number of amides is 1. The van der Waals surface area contributed by atoms with E-state index < -0.39 is 11.9 Å². The van der Waals surface area contributed by atoms with E-state index in [-0.39, 0.29) is 11.8 Å². The number of benzene rings is 1. The minimum atomic E-state index is -1.18. The van der Waals surface area contributed by atoms with Crippen LogP contribution in [0.5, 0.6) is 5.75 Å². The third-order valence-corrected chi connectivity index (χ3v) is 2.10. The molecule has 0 fully saturated rings. The number of hydrogen-bond acceptors (Lipinski definition) is 3. The van der Waals surface area contributed by atoms with Gasteiger partial charge in [0, 0.05) is 6.92 Å². The Morgan fingerprint density at radius 2 is 1.84 bits per heavy atom. The molecule has 0 atom stereocenters. The Balaban J connectivity index is 2.89. The average Bonchev–Trinajstić information content (AvgIpc) is 2.29. The van der Waals surface area contributed by atoms with E-state index in [0.717, 1.165) is 0 Å². The second kappa shape index (κ2) is 6.58. The summed E-state index contributed by atoms with van der Waals surface area (Å²) in [4.78, 5) is 21.8. The number of aliphatic carboxylic acids is 1. The summed E-state index contributed by atoms with van der Waals surface area (Å²) < 4.78 is 5.48. The molecule has 0 bridgehead atoms. The normalized spacial score (nSPS) is 11.3. The molecule has 0 aliphatic heterocycles. The van der Waals surface area contributed by atoms with Crippen molar-refractivity contribution in [3.05, 3.63) is 35.5 Å². The van der Waals surface area contributed by atoms with E-state index >= 15 is 0 Å². The van der Waals surface area contributed by atoms with Gasteiger partial charge in [-0.1, -0.05) is 12.1 Å². The molecule has 102 valence electrons. The Morgan fingerprint density at radius 3 is 2.26 bits per heavy atom. The van der Waals surface area contributed by atoms with Crippen molar-refractivity contribution in [3.63, 3.8) is 0 Å². The molecule has 0 unspecified atom stereocenters. The largest absolute Gasteiger partial charge is 0.491 e. The van der Waals surface area contributed by atoms with Crippen molar-refractivity contribution in [2.75, 3.05) is 0 Å². The minimum Gasteiger partial charge on any atom is -0.491 e. The predicted octanol–water partition coefficient (Wildman–Crippen LogP) is 2.04. The van der Waals surface area contributed by atoms with Gasteiger partial charge in [0.15, 0.2) is 0 Å². The summed E-state index contributed by atoms with van der Waals surface area (Å²) in [6, 6.07) is 6.95. The van der Waals surface area contributed by atoms with Crippen LogP contribution in [0.4, 0.5) is 0 Å². The number of carboxylic acids is 1. The van der Waals surface area contributed by atoms with Crippen LogP contribution in [0, 0.1) is 0 Å². The van der Waals surface area contributed by atoms with Gasteiger partial charge in [-0.2, -0.15) is 0 Å². The Labute approximate surface area is 111 Å². The first kappa shape index (κ1) is 14.8. The molecular formula is C14H17NO4. The maximum atomic E-state index is 10.9. The van der Waals surface area contributed by atoms with Gasteiger partial charge in [0.1, 0.15) is 11.4 Å². The van der Waals surface area contributed by atoms with Gasteiger partial charge >= 0.3 is 5.97 Å². The fourth-order valence-electron chi connectivity index (χ4n) is 1.42. The topological polar surface area (TPSA) is 75.6 Å². The number of carbonyl (C=O) groups excluding carboxylic acids is 1. The van der Waals surface area contributed by atoms with Gasteiger partial charge in [0.2, 0.25) is 5.91 Å². The summed E-state index contributed by atoms with van der Waals surface area (Å²) in [5, 5.41) is 11.2. The first-order chi connectivity index (χ1) is 8.88. The molecule has 2 N–H and O–H groups in total. The number of carboxylic acid groups (broad SMARTS) is 1. The van der Waals surface area contributed by atoms with Gasteiger partial charge in [0.05, 0.1) is 6.10 Å². The molecule has 0 heterocycles. The molecular weight excluding hydrogens is 246 g/mol. The van der Waals surface area contributed by atoms with Gasteiger partial charge in [0.25, 0.3) is 0 Å². The van der Waals surface area contributed by atoms with E-state index in [0.29, 0.717) is 11.3 Å². The fraction of sp³-hybridized carbons (Fsp3) is 0.286. The third kappa shape index (κ3) is 5.25. The highest BCUT2D eigenvalue weighted by Crippen LogP contribution is 2.15. The van der Waals surface area contributed by atoms with Gasteiger partial charge < -0.3 is 15.2 Å². The van der Waals surface area contributed by atoms with Crippen LogP contribution in [0.2, 0.25) is 0 Å². The van der Waals surface area contributed by atoms with Crippen LogP contribution in [0.15, 0.2) is 30.0 Å². The number of ether oxygens (including phenoxy) is 1. The van der Waals surface area contributed by atoms with Crippen molar-refractivity contribution in [2.24, 2.45) is 0 Å². The van der Waals surface area contributed by atoms with Crippen molar-refractivity contribution < 1.29 is 19.4 Å². The lowest BCUT2D eigenvalue weighted by Gasteiger charge is -2.09. The molecule has 0 radical (unpaired) electrons. The fourth-order valence-corrected chi connectivity index (χ4v) is 1.42. The summed E-state index contributed by atoms with van der Waals surface area (Å²) in [5.74, 6) is -0.894. The molecule has 0 aromatic heterocycles. The quantitative estimate of drug-likeness (QED) is 0.797. The zero-order valence-corrected chi connectivity index (χ0v) is 11.1. The molecule has 5 heteroatoms. The predicted molar refractivity (Wildman–Crippen MR) is 71.6 cm³/mol. The zero-order valence-electron chi connectivity index (χ0n) is 11.1. The van der Waals surface area contributed by atoms with Gasteiger partial charge in [-0.3, -0.25) is 4.79 Å². The van der Waals surface area contributed by atoms with Crippen molar-refractivity contribution in [2.45, 2.75) is 26.9 Å². The monoisotopic (exact) mass is 263 g/mol. The molecule has 1 aromatic rings. The highest BCUT2D eigenvalue weighted by atomic mass is 16.5.